The molecule has 0 atom stereocenters. The highest BCUT2D eigenvalue weighted by molar-refractivity contribution is 7.51. The number of carbonyl (C=O) groups is 1. The summed E-state index contributed by atoms with van der Waals surface area (Å²) in [4.78, 5) is 27.8. The van der Waals surface area contributed by atoms with Crippen LogP contribution in [0.2, 0.25) is 0 Å². The molecule has 0 aromatic heterocycles. The van der Waals surface area contributed by atoms with Gasteiger partial charge in [-0.15, -0.1) is 0 Å². The Morgan fingerprint density at radius 1 is 1.21 bits per heavy atom. The van der Waals surface area contributed by atoms with E-state index in [9.17, 15) is 9.36 Å². The first-order chi connectivity index (χ1) is 6.45. The second-order valence-electron chi connectivity index (χ2n) is 3.22. The van der Waals surface area contributed by atoms with Crippen LogP contribution in [0.5, 0.6) is 0 Å². The van der Waals surface area contributed by atoms with Crippen molar-refractivity contribution in [1.29, 1.82) is 0 Å². The summed E-state index contributed by atoms with van der Waals surface area (Å²) in [5.41, 5.74) is 0. The van der Waals surface area contributed by atoms with Crippen LogP contribution >= 0.6 is 7.60 Å². The molecule has 82 valence electrons. The zero-order chi connectivity index (χ0) is 11.0. The SMILES string of the molecule is C=CC(=O)CCCCCCP(=O)(O)O. The first kappa shape index (κ1) is 13.6. The Morgan fingerprint density at radius 2 is 1.79 bits per heavy atom. The van der Waals surface area contributed by atoms with E-state index in [0.29, 0.717) is 12.8 Å². The van der Waals surface area contributed by atoms with Gasteiger partial charge in [-0.3, -0.25) is 9.36 Å². The van der Waals surface area contributed by atoms with E-state index in [1.807, 2.05) is 0 Å². The third kappa shape index (κ3) is 9.65. The molecular weight excluding hydrogens is 203 g/mol. The summed E-state index contributed by atoms with van der Waals surface area (Å²) >= 11 is 0. The third-order valence-electron chi connectivity index (χ3n) is 1.85. The number of carbonyl (C=O) groups excluding carboxylic acids is 1. The van der Waals surface area contributed by atoms with E-state index in [-0.39, 0.29) is 11.9 Å². The van der Waals surface area contributed by atoms with E-state index < -0.39 is 7.60 Å². The van der Waals surface area contributed by atoms with Gasteiger partial charge in [-0.05, 0) is 18.9 Å². The summed E-state index contributed by atoms with van der Waals surface area (Å²) in [6.45, 7) is 3.36. The van der Waals surface area contributed by atoms with E-state index in [2.05, 4.69) is 6.58 Å². The van der Waals surface area contributed by atoms with E-state index in [1.54, 1.807) is 0 Å². The summed E-state index contributed by atoms with van der Waals surface area (Å²) in [6, 6.07) is 0. The summed E-state index contributed by atoms with van der Waals surface area (Å²) in [5.74, 6) is 0.0278. The Hall–Kier alpha value is -0.440. The Bertz CT molecular complexity index is 231. The monoisotopic (exact) mass is 220 g/mol. The molecule has 14 heavy (non-hydrogen) atoms. The normalized spacial score (nSPS) is 11.3. The number of rotatable bonds is 8. The highest BCUT2D eigenvalue weighted by Crippen LogP contribution is 2.35. The average Bonchev–Trinajstić information content (AvgIpc) is 2.08. The minimum Gasteiger partial charge on any atom is -0.324 e. The number of allylic oxidation sites excluding steroid dienone is 1. The lowest BCUT2D eigenvalue weighted by molar-refractivity contribution is -0.114. The van der Waals surface area contributed by atoms with Crippen LogP contribution in [0.15, 0.2) is 12.7 Å². The van der Waals surface area contributed by atoms with Crippen LogP contribution in [0.25, 0.3) is 0 Å². The van der Waals surface area contributed by atoms with E-state index >= 15 is 0 Å². The molecule has 2 N–H and O–H groups in total. The van der Waals surface area contributed by atoms with Gasteiger partial charge < -0.3 is 9.79 Å². The first-order valence-corrected chi connectivity index (χ1v) is 6.45. The van der Waals surface area contributed by atoms with Crippen LogP contribution in [0, 0.1) is 0 Å². The van der Waals surface area contributed by atoms with Crippen LogP contribution in [0.4, 0.5) is 0 Å². The predicted octanol–water partition coefficient (Wildman–Crippen LogP) is 1.87. The van der Waals surface area contributed by atoms with Gasteiger partial charge in [0.2, 0.25) is 0 Å². The molecule has 0 fully saturated rings. The van der Waals surface area contributed by atoms with Crippen LogP contribution in [0.3, 0.4) is 0 Å². The number of hydrogen-bond donors (Lipinski definition) is 2. The second kappa shape index (κ2) is 6.93. The smallest absolute Gasteiger partial charge is 0.324 e. The second-order valence-corrected chi connectivity index (χ2v) is 5.00. The molecule has 0 spiro atoms. The lowest BCUT2D eigenvalue weighted by Gasteiger charge is -2.02. The fourth-order valence-electron chi connectivity index (χ4n) is 1.07. The van der Waals surface area contributed by atoms with Gasteiger partial charge in [-0.2, -0.15) is 0 Å². The molecule has 0 bridgehead atoms. The summed E-state index contributed by atoms with van der Waals surface area (Å²) in [6.07, 6.45) is 4.62. The molecule has 0 amide bonds. The van der Waals surface area contributed by atoms with Gasteiger partial charge in [0.05, 0.1) is 0 Å². The van der Waals surface area contributed by atoms with Gasteiger partial charge >= 0.3 is 7.60 Å². The van der Waals surface area contributed by atoms with Crippen LogP contribution in [-0.4, -0.2) is 21.7 Å². The maximum atomic E-state index is 10.8. The van der Waals surface area contributed by atoms with Crippen molar-refractivity contribution in [1.82, 2.24) is 0 Å². The molecule has 0 aliphatic carbocycles. The molecule has 0 saturated carbocycles. The standard InChI is InChI=1S/C9H17O4P/c1-2-9(10)7-5-3-4-6-8-14(11,12)13/h2H,1,3-8H2,(H2,11,12,13). The van der Waals surface area contributed by atoms with Crippen molar-refractivity contribution in [3.8, 4) is 0 Å². The summed E-state index contributed by atoms with van der Waals surface area (Å²) in [7, 11) is -3.82. The van der Waals surface area contributed by atoms with E-state index in [4.69, 9.17) is 9.79 Å². The minimum atomic E-state index is -3.82. The third-order valence-corrected chi connectivity index (χ3v) is 2.75. The molecule has 0 heterocycles. The molecule has 4 nitrogen and oxygen atoms in total. The Balaban J connectivity index is 3.27. The number of ketones is 1. The molecule has 0 rings (SSSR count). The van der Waals surface area contributed by atoms with Gasteiger partial charge in [0.15, 0.2) is 5.78 Å². The average molecular weight is 220 g/mol. The highest BCUT2D eigenvalue weighted by atomic mass is 31.2. The molecule has 5 heteroatoms. The zero-order valence-corrected chi connectivity index (χ0v) is 9.08. The van der Waals surface area contributed by atoms with Crippen LogP contribution < -0.4 is 0 Å². The zero-order valence-electron chi connectivity index (χ0n) is 8.19. The maximum Gasteiger partial charge on any atom is 0.325 e. The Morgan fingerprint density at radius 3 is 2.29 bits per heavy atom. The molecule has 0 radical (unpaired) electrons. The Kier molecular flexibility index (Phi) is 6.71. The minimum absolute atomic E-state index is 0.0278. The molecule has 0 aliphatic heterocycles. The summed E-state index contributed by atoms with van der Waals surface area (Å²) < 4.78 is 10.4. The molecule has 0 aromatic rings. The molecule has 0 unspecified atom stereocenters. The van der Waals surface area contributed by atoms with Gasteiger partial charge in [-0.25, -0.2) is 0 Å². The van der Waals surface area contributed by atoms with Crippen LogP contribution in [-0.2, 0) is 9.36 Å². The van der Waals surface area contributed by atoms with Gasteiger partial charge in [0.25, 0.3) is 0 Å². The highest BCUT2D eigenvalue weighted by Gasteiger charge is 2.10. The predicted molar refractivity (Wildman–Crippen MR) is 55.2 cm³/mol. The fourth-order valence-corrected chi connectivity index (χ4v) is 1.71. The molecule has 0 saturated heterocycles. The number of hydrogen-bond acceptors (Lipinski definition) is 2. The van der Waals surface area contributed by atoms with E-state index in [1.165, 1.54) is 6.08 Å². The van der Waals surface area contributed by atoms with Crippen molar-refractivity contribution in [3.63, 3.8) is 0 Å². The topological polar surface area (TPSA) is 74.6 Å². The van der Waals surface area contributed by atoms with Gasteiger partial charge in [-0.1, -0.05) is 19.4 Å². The fraction of sp³-hybridized carbons (Fsp3) is 0.667. The van der Waals surface area contributed by atoms with Crippen molar-refractivity contribution < 1.29 is 19.1 Å². The Labute approximate surface area is 84.2 Å². The molecule has 0 aliphatic rings. The quantitative estimate of drug-likeness (QED) is 0.372. The van der Waals surface area contributed by atoms with Crippen molar-refractivity contribution in [2.24, 2.45) is 0 Å². The van der Waals surface area contributed by atoms with Gasteiger partial charge in [0.1, 0.15) is 0 Å². The lowest BCUT2D eigenvalue weighted by Crippen LogP contribution is -1.92. The van der Waals surface area contributed by atoms with E-state index in [0.717, 1.165) is 19.3 Å². The first-order valence-electron chi connectivity index (χ1n) is 4.65. The maximum absolute atomic E-state index is 10.8. The van der Waals surface area contributed by atoms with Crippen molar-refractivity contribution in [3.05, 3.63) is 12.7 Å². The molecular formula is C9H17O4P. The summed E-state index contributed by atoms with van der Waals surface area (Å²) in [5, 5.41) is 0. The van der Waals surface area contributed by atoms with Crippen LogP contribution in [0.1, 0.15) is 32.1 Å². The largest absolute Gasteiger partial charge is 0.325 e. The van der Waals surface area contributed by atoms with Gasteiger partial charge in [0, 0.05) is 12.6 Å². The lowest BCUT2D eigenvalue weighted by atomic mass is 10.1. The number of unbranched alkanes of at least 4 members (excludes halogenated alkanes) is 3. The molecule has 0 aromatic carbocycles. The van der Waals surface area contributed by atoms with Crippen molar-refractivity contribution in [2.75, 3.05) is 6.16 Å². The van der Waals surface area contributed by atoms with Crippen molar-refractivity contribution >= 4 is 13.4 Å². The van der Waals surface area contributed by atoms with Crippen molar-refractivity contribution in [2.45, 2.75) is 32.1 Å².